The Morgan fingerprint density at radius 2 is 1.43 bits per heavy atom. The minimum atomic E-state index is -4.29. The maximum atomic E-state index is 14.2. The highest BCUT2D eigenvalue weighted by molar-refractivity contribution is 7.99. The third-order valence-corrected chi connectivity index (χ3v) is 11.4. The van der Waals surface area contributed by atoms with Crippen LogP contribution >= 0.6 is 11.8 Å². The molecule has 0 aromatic heterocycles. The lowest BCUT2D eigenvalue weighted by Crippen LogP contribution is -2.48. The SMILES string of the molecule is Cc1ccc(S(=O)(=O)O[C@H]2CN(C(=O)OC(C)(C)C)C[C@@H]2N(CCCSc2ccccc2)S(=O)(=O)c2ccc(C)cc2)cc1. The van der Waals surface area contributed by atoms with Crippen LogP contribution in [0.1, 0.15) is 38.3 Å². The van der Waals surface area contributed by atoms with Crippen molar-refractivity contribution in [3.05, 3.63) is 90.0 Å². The van der Waals surface area contributed by atoms with E-state index in [0.29, 0.717) is 12.2 Å². The molecule has 0 N–H and O–H groups in total. The number of sulfonamides is 1. The molecule has 0 unspecified atom stereocenters. The minimum Gasteiger partial charge on any atom is -0.444 e. The molecule has 1 aliphatic heterocycles. The topological polar surface area (TPSA) is 110 Å². The normalized spacial score (nSPS) is 17.6. The summed E-state index contributed by atoms with van der Waals surface area (Å²) < 4.78 is 67.9. The standard InChI is InChI=1S/C32H40N2O7S3/c1-24-12-16-27(17-13-24)43(36,37)34(20-9-21-42-26-10-7-6-8-11-26)29-22-33(31(35)40-32(3,4)5)23-30(29)41-44(38,39)28-18-14-25(2)15-19-28/h6-8,10-19,29-30H,9,20-23H2,1-5H3/t29-,30-/m0/s1. The molecule has 9 nitrogen and oxygen atoms in total. The Balaban J connectivity index is 1.68. The van der Waals surface area contributed by atoms with Crippen molar-refractivity contribution in [1.29, 1.82) is 0 Å². The average molecular weight is 661 g/mol. The summed E-state index contributed by atoms with van der Waals surface area (Å²) in [5, 5.41) is 0. The first-order chi connectivity index (χ1) is 20.7. The highest BCUT2D eigenvalue weighted by atomic mass is 32.2. The maximum absolute atomic E-state index is 14.2. The van der Waals surface area contributed by atoms with Crippen LogP contribution in [-0.4, -0.2) is 75.3 Å². The van der Waals surface area contributed by atoms with E-state index in [1.54, 1.807) is 56.8 Å². The molecule has 1 fully saturated rings. The number of carbonyl (C=O) groups excluding carboxylic acids is 1. The van der Waals surface area contributed by atoms with Crippen LogP contribution in [0.5, 0.6) is 0 Å². The molecule has 1 saturated heterocycles. The minimum absolute atomic E-state index is 0.0511. The molecule has 4 rings (SSSR count). The molecule has 1 heterocycles. The zero-order valence-corrected chi connectivity index (χ0v) is 28.1. The van der Waals surface area contributed by atoms with Crippen molar-refractivity contribution in [3.8, 4) is 0 Å². The molecule has 2 atom stereocenters. The van der Waals surface area contributed by atoms with E-state index in [-0.39, 0.29) is 29.4 Å². The number of likely N-dealkylation sites (tertiary alicyclic amines) is 1. The van der Waals surface area contributed by atoms with Gasteiger partial charge in [-0.3, -0.25) is 4.18 Å². The van der Waals surface area contributed by atoms with Crippen LogP contribution in [0.2, 0.25) is 0 Å². The zero-order valence-electron chi connectivity index (χ0n) is 25.7. The number of rotatable bonds is 11. The van der Waals surface area contributed by atoms with Crippen LogP contribution in [0, 0.1) is 13.8 Å². The van der Waals surface area contributed by atoms with Gasteiger partial charge in [-0.05, 0) is 83.2 Å². The Morgan fingerprint density at radius 3 is 2.00 bits per heavy atom. The molecule has 0 aliphatic carbocycles. The van der Waals surface area contributed by atoms with E-state index in [1.165, 1.54) is 33.5 Å². The Labute approximate surface area is 265 Å². The lowest BCUT2D eigenvalue weighted by molar-refractivity contribution is 0.0274. The van der Waals surface area contributed by atoms with Gasteiger partial charge >= 0.3 is 6.09 Å². The number of amides is 1. The van der Waals surface area contributed by atoms with Crippen LogP contribution in [-0.2, 0) is 29.1 Å². The van der Waals surface area contributed by atoms with Crippen molar-refractivity contribution in [2.45, 2.75) is 73.5 Å². The smallest absolute Gasteiger partial charge is 0.410 e. The van der Waals surface area contributed by atoms with Crippen LogP contribution in [0.4, 0.5) is 4.79 Å². The maximum Gasteiger partial charge on any atom is 0.410 e. The first-order valence-corrected chi connectivity index (χ1v) is 18.2. The van der Waals surface area contributed by atoms with Crippen LogP contribution in [0.15, 0.2) is 93.5 Å². The second-order valence-electron chi connectivity index (χ2n) is 11.8. The second kappa shape index (κ2) is 14.0. The van der Waals surface area contributed by atoms with E-state index in [0.717, 1.165) is 16.0 Å². The van der Waals surface area contributed by atoms with Crippen LogP contribution < -0.4 is 0 Å². The van der Waals surface area contributed by atoms with E-state index < -0.39 is 44.0 Å². The van der Waals surface area contributed by atoms with Gasteiger partial charge in [-0.15, -0.1) is 11.8 Å². The van der Waals surface area contributed by atoms with Crippen molar-refractivity contribution in [2.24, 2.45) is 0 Å². The third kappa shape index (κ3) is 8.85. The molecule has 3 aromatic rings. The predicted octanol–water partition coefficient (Wildman–Crippen LogP) is 5.87. The summed E-state index contributed by atoms with van der Waals surface area (Å²) in [7, 11) is -8.41. The Bertz CT molecular complexity index is 1620. The third-order valence-electron chi connectivity index (χ3n) is 6.98. The first kappa shape index (κ1) is 34.0. The number of aryl methyl sites for hydroxylation is 2. The lowest BCUT2D eigenvalue weighted by atomic mass is 10.2. The van der Waals surface area contributed by atoms with Crippen LogP contribution in [0.25, 0.3) is 0 Å². The van der Waals surface area contributed by atoms with E-state index in [2.05, 4.69) is 0 Å². The van der Waals surface area contributed by atoms with Crippen molar-refractivity contribution in [3.63, 3.8) is 0 Å². The van der Waals surface area contributed by atoms with Gasteiger partial charge in [0.2, 0.25) is 10.0 Å². The number of benzene rings is 3. The highest BCUT2D eigenvalue weighted by Crippen LogP contribution is 2.30. The van der Waals surface area contributed by atoms with Gasteiger partial charge in [0.15, 0.2) is 0 Å². The van der Waals surface area contributed by atoms with Crippen molar-refractivity contribution in [1.82, 2.24) is 9.21 Å². The summed E-state index contributed by atoms with van der Waals surface area (Å²) in [4.78, 5) is 15.6. The molecule has 0 saturated carbocycles. The highest BCUT2D eigenvalue weighted by Gasteiger charge is 2.47. The summed E-state index contributed by atoms with van der Waals surface area (Å²) in [6, 6.07) is 21.5. The average Bonchev–Trinajstić information content (AvgIpc) is 3.35. The number of hydrogen-bond donors (Lipinski definition) is 0. The van der Waals surface area contributed by atoms with Crippen LogP contribution in [0.3, 0.4) is 0 Å². The molecule has 44 heavy (non-hydrogen) atoms. The number of carbonyl (C=O) groups is 1. The Morgan fingerprint density at radius 1 is 0.864 bits per heavy atom. The van der Waals surface area contributed by atoms with Gasteiger partial charge in [-0.1, -0.05) is 53.6 Å². The molecule has 1 aliphatic rings. The van der Waals surface area contributed by atoms with Gasteiger partial charge in [0, 0.05) is 18.0 Å². The van der Waals surface area contributed by atoms with Gasteiger partial charge in [-0.25, -0.2) is 13.2 Å². The van der Waals surface area contributed by atoms with Crippen molar-refractivity contribution < 1.29 is 30.6 Å². The molecule has 0 radical (unpaired) electrons. The molecule has 238 valence electrons. The van der Waals surface area contributed by atoms with E-state index in [4.69, 9.17) is 8.92 Å². The number of ether oxygens (including phenoxy) is 1. The first-order valence-electron chi connectivity index (χ1n) is 14.4. The summed E-state index contributed by atoms with van der Waals surface area (Å²) in [5.74, 6) is 0.625. The summed E-state index contributed by atoms with van der Waals surface area (Å²) in [6.07, 6.45) is -1.37. The fraction of sp³-hybridized carbons (Fsp3) is 0.406. The summed E-state index contributed by atoms with van der Waals surface area (Å²) in [5.41, 5.74) is 0.974. The van der Waals surface area contributed by atoms with Crippen molar-refractivity contribution >= 4 is 38.0 Å². The van der Waals surface area contributed by atoms with E-state index in [9.17, 15) is 21.6 Å². The Kier molecular flexibility index (Phi) is 10.8. The second-order valence-corrected chi connectivity index (χ2v) is 16.4. The van der Waals surface area contributed by atoms with E-state index in [1.807, 2.05) is 44.2 Å². The largest absolute Gasteiger partial charge is 0.444 e. The monoisotopic (exact) mass is 660 g/mol. The molecule has 12 heteroatoms. The molecule has 3 aromatic carbocycles. The molecular formula is C32H40N2O7S3. The molecular weight excluding hydrogens is 621 g/mol. The van der Waals surface area contributed by atoms with Gasteiger partial charge < -0.3 is 9.64 Å². The quantitative estimate of drug-likeness (QED) is 0.143. The number of nitrogens with zero attached hydrogens (tertiary/aromatic N) is 2. The van der Waals surface area contributed by atoms with Gasteiger partial charge in [0.25, 0.3) is 10.1 Å². The van der Waals surface area contributed by atoms with Gasteiger partial charge in [0.05, 0.1) is 22.4 Å². The van der Waals surface area contributed by atoms with Gasteiger partial charge in [-0.2, -0.15) is 12.7 Å². The molecule has 0 spiro atoms. The summed E-state index contributed by atoms with van der Waals surface area (Å²) in [6.45, 7) is 8.72. The predicted molar refractivity (Wildman–Crippen MR) is 172 cm³/mol. The lowest BCUT2D eigenvalue weighted by Gasteiger charge is -2.31. The van der Waals surface area contributed by atoms with Gasteiger partial charge in [0.1, 0.15) is 11.7 Å². The zero-order chi connectivity index (χ0) is 32.1. The number of hydrogen-bond acceptors (Lipinski definition) is 8. The Hall–Kier alpha value is -2.90. The fourth-order valence-electron chi connectivity index (χ4n) is 4.76. The van der Waals surface area contributed by atoms with Crippen molar-refractivity contribution in [2.75, 3.05) is 25.4 Å². The molecule has 0 bridgehead atoms. The molecule has 1 amide bonds. The summed E-state index contributed by atoms with van der Waals surface area (Å²) >= 11 is 1.60. The van der Waals surface area contributed by atoms with E-state index >= 15 is 0 Å². The number of thioether (sulfide) groups is 1. The fourth-order valence-corrected chi connectivity index (χ4v) is 8.40.